The lowest BCUT2D eigenvalue weighted by Crippen LogP contribution is -2.13. The monoisotopic (exact) mass is 356 g/mol. The molecule has 8 heteroatoms. The number of fused-ring (bicyclic) bond motifs is 4. The SMILES string of the molecule is C=c1ccc2c(c1)Oc1cc(N)c3ccccc3c1N=2.O=S([O-])O[O-]. The van der Waals surface area contributed by atoms with Crippen LogP contribution in [0, 0.1) is 0 Å². The molecule has 3 aromatic rings. The summed E-state index contributed by atoms with van der Waals surface area (Å²) in [7, 11) is 0. The van der Waals surface area contributed by atoms with Crippen LogP contribution in [0.25, 0.3) is 17.4 Å². The second-order valence-corrected chi connectivity index (χ2v) is 5.69. The maximum atomic E-state index is 8.83. The average molecular weight is 356 g/mol. The second-order valence-electron chi connectivity index (χ2n) is 5.15. The summed E-state index contributed by atoms with van der Waals surface area (Å²) in [6.07, 6.45) is 0. The number of nitrogens with two attached hydrogens (primary N) is 1. The number of ether oxygens (including phenoxy) is 1. The van der Waals surface area contributed by atoms with Gasteiger partial charge in [0, 0.05) is 22.5 Å². The highest BCUT2D eigenvalue weighted by Gasteiger charge is 2.16. The number of hydrogen-bond acceptors (Lipinski definition) is 7. The molecule has 0 amide bonds. The number of benzene rings is 3. The van der Waals surface area contributed by atoms with Gasteiger partial charge in [-0.3, -0.25) is 0 Å². The lowest BCUT2D eigenvalue weighted by molar-refractivity contribution is -0.635. The molecule has 0 radical (unpaired) electrons. The molecule has 25 heavy (non-hydrogen) atoms. The third-order valence-corrected chi connectivity index (χ3v) is 3.66. The maximum Gasteiger partial charge on any atom is 0.155 e. The molecule has 1 atom stereocenters. The van der Waals surface area contributed by atoms with Crippen molar-refractivity contribution in [2.24, 2.45) is 4.99 Å². The standard InChI is InChI=1S/C17H12N2O.H2O4S/c1-10-6-7-14-15(8-10)20-16-9-13(18)11-4-2-3-5-12(11)17(16)19-14;1-4-5(2)3/h2-9H,1,18H2;1H,(H,2,3)/p-2. The quantitative estimate of drug-likeness (QED) is 0.235. The molecule has 7 nitrogen and oxygen atoms in total. The molecule has 1 heterocycles. The summed E-state index contributed by atoms with van der Waals surface area (Å²) in [5.41, 5.74) is 7.63. The lowest BCUT2D eigenvalue weighted by atomic mass is 10.1. The van der Waals surface area contributed by atoms with Gasteiger partial charge in [0.2, 0.25) is 0 Å². The van der Waals surface area contributed by atoms with E-state index in [1.165, 1.54) is 0 Å². The summed E-state index contributed by atoms with van der Waals surface area (Å²) in [5.74, 6) is 1.42. The summed E-state index contributed by atoms with van der Waals surface area (Å²) in [5, 5.41) is 12.2. The van der Waals surface area contributed by atoms with Crippen LogP contribution in [0.3, 0.4) is 0 Å². The first-order valence-corrected chi connectivity index (χ1v) is 8.06. The van der Waals surface area contributed by atoms with Gasteiger partial charge in [0.25, 0.3) is 0 Å². The van der Waals surface area contributed by atoms with Gasteiger partial charge in [0.15, 0.2) is 11.5 Å². The van der Waals surface area contributed by atoms with E-state index in [1.54, 1.807) is 0 Å². The zero-order chi connectivity index (χ0) is 18.0. The Morgan fingerprint density at radius 2 is 1.80 bits per heavy atom. The van der Waals surface area contributed by atoms with Crippen LogP contribution in [0.15, 0.2) is 53.5 Å². The fraction of sp³-hybridized carbons (Fsp3) is 0. The number of nitrogens with zero attached hydrogens (tertiary/aromatic N) is 1. The predicted octanol–water partition coefficient (Wildman–Crippen LogP) is 0.962. The van der Waals surface area contributed by atoms with Crippen molar-refractivity contribution in [3.63, 3.8) is 0 Å². The molecule has 0 aromatic heterocycles. The Hall–Kier alpha value is -2.78. The minimum Gasteiger partial charge on any atom is -0.750 e. The Morgan fingerprint density at radius 3 is 2.48 bits per heavy atom. The molecule has 2 N–H and O–H groups in total. The zero-order valence-electron chi connectivity index (χ0n) is 12.8. The normalized spacial score (nSPS) is 12.7. The molecular weight excluding hydrogens is 344 g/mol. The number of hydrogen-bond donors (Lipinski definition) is 1. The first kappa shape index (κ1) is 17.1. The molecule has 0 spiro atoms. The van der Waals surface area contributed by atoms with Gasteiger partial charge in [-0.25, -0.2) is 9.20 Å². The van der Waals surface area contributed by atoms with Crippen molar-refractivity contribution < 1.29 is 23.1 Å². The van der Waals surface area contributed by atoms with E-state index in [4.69, 9.17) is 29.5 Å². The highest BCUT2D eigenvalue weighted by Crippen LogP contribution is 2.42. The highest BCUT2D eigenvalue weighted by molar-refractivity contribution is 7.73. The van der Waals surface area contributed by atoms with Gasteiger partial charge in [-0.2, -0.15) is 0 Å². The van der Waals surface area contributed by atoms with Gasteiger partial charge in [-0.15, -0.1) is 0 Å². The highest BCUT2D eigenvalue weighted by atomic mass is 32.2. The van der Waals surface area contributed by atoms with Crippen LogP contribution < -0.4 is 26.3 Å². The Balaban J connectivity index is 0.000000324. The molecule has 3 aromatic carbocycles. The molecule has 0 aliphatic carbocycles. The van der Waals surface area contributed by atoms with Gasteiger partial charge in [0.05, 0.1) is 11.4 Å². The van der Waals surface area contributed by atoms with Gasteiger partial charge in [-0.05, 0) is 17.4 Å². The van der Waals surface area contributed by atoms with Crippen LogP contribution in [0.5, 0.6) is 11.5 Å². The van der Waals surface area contributed by atoms with Crippen LogP contribution in [-0.4, -0.2) is 8.76 Å². The van der Waals surface area contributed by atoms with E-state index in [1.807, 2.05) is 48.5 Å². The minimum absolute atomic E-state index is 0.694. The molecule has 4 rings (SSSR count). The minimum atomic E-state index is -2.88. The molecule has 0 saturated carbocycles. The van der Waals surface area contributed by atoms with Crippen LogP contribution >= 0.6 is 0 Å². The predicted molar refractivity (Wildman–Crippen MR) is 90.8 cm³/mol. The fourth-order valence-corrected chi connectivity index (χ4v) is 2.53. The molecule has 1 aliphatic rings. The third-order valence-electron chi connectivity index (χ3n) is 3.55. The van der Waals surface area contributed by atoms with E-state index in [-0.39, 0.29) is 0 Å². The summed E-state index contributed by atoms with van der Waals surface area (Å²) in [6, 6.07) is 15.5. The summed E-state index contributed by atoms with van der Waals surface area (Å²) in [6.45, 7) is 3.91. The van der Waals surface area contributed by atoms with E-state index in [2.05, 4.69) is 10.9 Å². The van der Waals surface area contributed by atoms with E-state index in [9.17, 15) is 0 Å². The van der Waals surface area contributed by atoms with Crippen LogP contribution in [0.4, 0.5) is 11.4 Å². The smallest absolute Gasteiger partial charge is 0.155 e. The number of nitrogen functional groups attached to an aromatic ring is 1. The van der Waals surface area contributed by atoms with Gasteiger partial charge in [-0.1, -0.05) is 36.9 Å². The Bertz CT molecular complexity index is 1080. The summed E-state index contributed by atoms with van der Waals surface area (Å²) in [4.78, 5) is 4.71. The number of rotatable bonds is 1. The van der Waals surface area contributed by atoms with Crippen molar-refractivity contribution in [2.75, 3.05) is 5.73 Å². The zero-order valence-corrected chi connectivity index (χ0v) is 13.6. The van der Waals surface area contributed by atoms with Gasteiger partial charge in [0.1, 0.15) is 11.0 Å². The fourth-order valence-electron chi connectivity index (χ4n) is 2.53. The molecular formula is C17H12N2O5S-2. The van der Waals surface area contributed by atoms with Gasteiger partial charge < -0.3 is 24.6 Å². The molecule has 0 bridgehead atoms. The third kappa shape index (κ3) is 3.52. The Labute approximate surface area is 145 Å². The van der Waals surface area contributed by atoms with E-state index in [0.717, 1.165) is 32.8 Å². The largest absolute Gasteiger partial charge is 0.750 e. The first-order valence-electron chi connectivity index (χ1n) is 7.06. The topological polar surface area (TPSA) is 120 Å². The van der Waals surface area contributed by atoms with Crippen molar-refractivity contribution >= 4 is 40.1 Å². The summed E-state index contributed by atoms with van der Waals surface area (Å²) < 4.78 is 26.0. The van der Waals surface area contributed by atoms with E-state index in [0.29, 0.717) is 11.4 Å². The molecule has 1 aliphatic heterocycles. The van der Waals surface area contributed by atoms with Crippen molar-refractivity contribution in [3.8, 4) is 11.5 Å². The van der Waals surface area contributed by atoms with Crippen molar-refractivity contribution in [3.05, 3.63) is 59.1 Å². The Kier molecular flexibility index (Phi) is 4.77. The number of anilines is 1. The van der Waals surface area contributed by atoms with E-state index >= 15 is 0 Å². The molecule has 0 saturated heterocycles. The van der Waals surface area contributed by atoms with Crippen molar-refractivity contribution in [1.82, 2.24) is 0 Å². The lowest BCUT2D eigenvalue weighted by Gasteiger charge is -2.17. The van der Waals surface area contributed by atoms with Gasteiger partial charge >= 0.3 is 0 Å². The maximum absolute atomic E-state index is 8.83. The average Bonchev–Trinajstić information content (AvgIpc) is 2.61. The second kappa shape index (κ2) is 6.99. The van der Waals surface area contributed by atoms with Crippen molar-refractivity contribution in [1.29, 1.82) is 0 Å². The van der Waals surface area contributed by atoms with Crippen LogP contribution in [0.1, 0.15) is 0 Å². The molecule has 1 unspecified atom stereocenters. The molecule has 128 valence electrons. The Morgan fingerprint density at radius 1 is 1.12 bits per heavy atom. The molecule has 0 fully saturated rings. The van der Waals surface area contributed by atoms with E-state index < -0.39 is 11.4 Å². The first-order chi connectivity index (χ1) is 12.0. The summed E-state index contributed by atoms with van der Waals surface area (Å²) >= 11 is -2.88. The van der Waals surface area contributed by atoms with Crippen molar-refractivity contribution in [2.45, 2.75) is 0 Å². The van der Waals surface area contributed by atoms with Crippen LogP contribution in [0.2, 0.25) is 0 Å². The van der Waals surface area contributed by atoms with Crippen LogP contribution in [-0.2, 0) is 15.7 Å².